The summed E-state index contributed by atoms with van der Waals surface area (Å²) >= 11 is 0. The number of rotatable bonds is 8. The van der Waals surface area contributed by atoms with Crippen LogP contribution in [-0.4, -0.2) is 63.8 Å². The number of phosphoric ester groups is 1. The van der Waals surface area contributed by atoms with Crippen molar-refractivity contribution >= 4 is 34.7 Å². The van der Waals surface area contributed by atoms with Gasteiger partial charge in [0.25, 0.3) is 0 Å². The highest BCUT2D eigenvalue weighted by Gasteiger charge is 2.56. The molecule has 2 aromatic rings. The zero-order valence-electron chi connectivity index (χ0n) is 16.2. The number of anilines is 1. The van der Waals surface area contributed by atoms with Gasteiger partial charge in [-0.15, -0.1) is 6.42 Å². The Morgan fingerprint density at radius 2 is 1.85 bits per heavy atom. The lowest BCUT2D eigenvalue weighted by atomic mass is 9.90. The molecule has 19 heteroatoms. The van der Waals surface area contributed by atoms with E-state index in [0.29, 0.717) is 11.2 Å². The summed E-state index contributed by atoms with van der Waals surface area (Å²) < 4.78 is 52.5. The van der Waals surface area contributed by atoms with Gasteiger partial charge in [0.05, 0.1) is 23.5 Å². The van der Waals surface area contributed by atoms with Gasteiger partial charge in [0.15, 0.2) is 5.60 Å². The van der Waals surface area contributed by atoms with Crippen molar-refractivity contribution in [2.45, 2.75) is 23.9 Å². The average molecular weight is 529 g/mol. The maximum Gasteiger partial charge on any atom is 0.490 e. The van der Waals surface area contributed by atoms with Crippen molar-refractivity contribution in [3.05, 3.63) is 30.1 Å². The lowest BCUT2D eigenvalue weighted by Gasteiger charge is -2.25. The molecule has 0 radical (unpaired) electrons. The molecule has 1 fully saturated rings. The van der Waals surface area contributed by atoms with Gasteiger partial charge in [-0.1, -0.05) is 5.92 Å². The van der Waals surface area contributed by atoms with Gasteiger partial charge in [-0.3, -0.25) is 4.52 Å². The number of aliphatic hydroxyl groups excluding tert-OH is 1. The third kappa shape index (κ3) is 5.54. The van der Waals surface area contributed by atoms with Crippen molar-refractivity contribution in [3.63, 3.8) is 0 Å². The Kier molecular flexibility index (Phi) is 6.96. The maximum absolute atomic E-state index is 11.9. The van der Waals surface area contributed by atoms with E-state index in [0.717, 1.165) is 0 Å². The van der Waals surface area contributed by atoms with Crippen molar-refractivity contribution in [1.82, 2.24) is 9.61 Å². The second-order valence-electron chi connectivity index (χ2n) is 6.70. The number of phosphoric acid groups is 3. The topological polar surface area (TPSA) is 253 Å². The Bertz CT molecular complexity index is 1240. The van der Waals surface area contributed by atoms with Crippen LogP contribution in [0.15, 0.2) is 24.4 Å². The van der Waals surface area contributed by atoms with Crippen LogP contribution >= 0.6 is 23.5 Å². The number of hydrogen-bond acceptors (Lipinski definition) is 11. The number of fused-ring (bicyclic) bond motifs is 1. The molecule has 3 heterocycles. The molecule has 16 nitrogen and oxygen atoms in total. The van der Waals surface area contributed by atoms with Crippen LogP contribution in [0.25, 0.3) is 5.52 Å². The van der Waals surface area contributed by atoms with Crippen LogP contribution in [-0.2, 0) is 31.6 Å². The van der Waals surface area contributed by atoms with Gasteiger partial charge in [-0.25, -0.2) is 18.2 Å². The highest BCUT2D eigenvalue weighted by Crippen LogP contribution is 2.66. The summed E-state index contributed by atoms with van der Waals surface area (Å²) in [4.78, 5) is 35.8. The first-order valence-electron chi connectivity index (χ1n) is 8.63. The zero-order chi connectivity index (χ0) is 24.8. The first-order valence-corrected chi connectivity index (χ1v) is 13.1. The average Bonchev–Trinajstić information content (AvgIpc) is 3.18. The highest BCUT2D eigenvalue weighted by molar-refractivity contribution is 7.66. The molecule has 0 spiro atoms. The molecule has 0 aliphatic carbocycles. The number of hydrogen-bond donors (Lipinski definition) is 7. The summed E-state index contributed by atoms with van der Waals surface area (Å²) in [5.74, 6) is 2.00. The molecule has 0 amide bonds. The number of terminal acetylenes is 1. The quantitative estimate of drug-likeness (QED) is 0.167. The highest BCUT2D eigenvalue weighted by atomic mass is 31.3. The van der Waals surface area contributed by atoms with Crippen LogP contribution in [0.1, 0.15) is 11.8 Å². The van der Waals surface area contributed by atoms with Crippen LogP contribution in [0.2, 0.25) is 0 Å². The van der Waals surface area contributed by atoms with Crippen molar-refractivity contribution in [2.75, 3.05) is 12.3 Å². The minimum atomic E-state index is -5.74. The van der Waals surface area contributed by atoms with E-state index in [4.69, 9.17) is 26.7 Å². The van der Waals surface area contributed by atoms with Crippen LogP contribution in [0.5, 0.6) is 0 Å². The van der Waals surface area contributed by atoms with E-state index in [1.807, 2.05) is 5.92 Å². The number of aliphatic hydroxyl groups is 2. The molecule has 3 rings (SSSR count). The molecule has 182 valence electrons. The second kappa shape index (κ2) is 8.84. The first kappa shape index (κ1) is 26.0. The van der Waals surface area contributed by atoms with Crippen LogP contribution < -0.4 is 5.73 Å². The third-order valence-corrected chi connectivity index (χ3v) is 8.25. The van der Waals surface area contributed by atoms with E-state index in [1.54, 1.807) is 6.07 Å². The SMILES string of the molecule is C#C[C@@]1(O)[C@H](O)[C@@H](COP(=O)(O)OP(=O)(O)OP(=O)(O)O)O[C@H]1c1ccc2c(N)ccnn12. The lowest BCUT2D eigenvalue weighted by Crippen LogP contribution is -2.44. The molecule has 0 saturated carbocycles. The minimum absolute atomic E-state index is 0.164. The molecule has 1 saturated heterocycles. The van der Waals surface area contributed by atoms with Crippen molar-refractivity contribution < 1.29 is 61.4 Å². The van der Waals surface area contributed by atoms with E-state index in [1.165, 1.54) is 22.8 Å². The molecule has 1 aliphatic heterocycles. The summed E-state index contributed by atoms with van der Waals surface area (Å²) in [6.07, 6.45) is 1.85. The van der Waals surface area contributed by atoms with Gasteiger partial charge < -0.3 is 40.3 Å². The number of nitrogens with zero attached hydrogens (tertiary/aromatic N) is 2. The standard InChI is InChI=1S/C14H18N3O13P3/c1-2-14(19)12(18)11(7-27-32(23,24)30-33(25,26)29-31(20,21)22)28-13(14)10-4-3-9-8(15)5-6-16-17(9)10/h1,3-6,11-13,18-19H,7,15H2,(H,23,24)(H,25,26)(H2,20,21,22)/t11-,12-,13+,14-/m1/s1. The van der Waals surface area contributed by atoms with Gasteiger partial charge in [-0.05, 0) is 18.2 Å². The molecule has 6 atom stereocenters. The smallest absolute Gasteiger partial charge is 0.397 e. The Balaban J connectivity index is 1.79. The fourth-order valence-corrected chi connectivity index (χ4v) is 6.14. The molecular formula is C14H18N3O13P3. The van der Waals surface area contributed by atoms with Crippen molar-refractivity contribution in [3.8, 4) is 12.3 Å². The predicted molar refractivity (Wildman–Crippen MR) is 107 cm³/mol. The van der Waals surface area contributed by atoms with E-state index >= 15 is 0 Å². The molecule has 33 heavy (non-hydrogen) atoms. The Labute approximate surface area is 184 Å². The molecular weight excluding hydrogens is 511 g/mol. The van der Waals surface area contributed by atoms with Gasteiger partial charge in [0.1, 0.15) is 18.3 Å². The fraction of sp³-hybridized carbons (Fsp3) is 0.357. The molecule has 1 aliphatic rings. The van der Waals surface area contributed by atoms with Crippen LogP contribution in [0, 0.1) is 12.3 Å². The molecule has 0 aromatic carbocycles. The van der Waals surface area contributed by atoms with E-state index in [2.05, 4.69) is 18.2 Å². The molecule has 8 N–H and O–H groups in total. The van der Waals surface area contributed by atoms with Gasteiger partial charge in [0.2, 0.25) is 0 Å². The fourth-order valence-electron chi connectivity index (χ4n) is 3.11. The Morgan fingerprint density at radius 1 is 1.18 bits per heavy atom. The lowest BCUT2D eigenvalue weighted by molar-refractivity contribution is -0.0363. The summed E-state index contributed by atoms with van der Waals surface area (Å²) in [5.41, 5.74) is 4.42. The summed E-state index contributed by atoms with van der Waals surface area (Å²) in [6.45, 7) is -1.02. The third-order valence-electron chi connectivity index (χ3n) is 4.45. The molecule has 0 bridgehead atoms. The second-order valence-corrected chi connectivity index (χ2v) is 11.1. The van der Waals surface area contributed by atoms with Crippen LogP contribution in [0.3, 0.4) is 0 Å². The number of nitrogens with two attached hydrogens (primary N) is 1. The van der Waals surface area contributed by atoms with E-state index in [-0.39, 0.29) is 5.69 Å². The van der Waals surface area contributed by atoms with Gasteiger partial charge in [0, 0.05) is 6.20 Å². The van der Waals surface area contributed by atoms with E-state index in [9.17, 15) is 33.7 Å². The van der Waals surface area contributed by atoms with E-state index < -0.39 is 54.0 Å². The summed E-state index contributed by atoms with van der Waals surface area (Å²) in [5, 5.41) is 25.4. The normalized spacial score (nSPS) is 29.4. The maximum atomic E-state index is 11.9. The molecule has 2 unspecified atom stereocenters. The molecule has 2 aromatic heterocycles. The van der Waals surface area contributed by atoms with Gasteiger partial charge >= 0.3 is 23.5 Å². The van der Waals surface area contributed by atoms with Gasteiger partial charge in [-0.2, -0.15) is 13.7 Å². The van der Waals surface area contributed by atoms with Crippen molar-refractivity contribution in [2.24, 2.45) is 0 Å². The predicted octanol–water partition coefficient (Wildman–Crippen LogP) is -0.575. The largest absolute Gasteiger partial charge is 0.490 e. The minimum Gasteiger partial charge on any atom is -0.397 e. The Hall–Kier alpha value is -1.66. The Morgan fingerprint density at radius 3 is 2.45 bits per heavy atom. The number of aromatic nitrogens is 2. The van der Waals surface area contributed by atoms with Crippen molar-refractivity contribution in [1.29, 1.82) is 0 Å². The zero-order valence-corrected chi connectivity index (χ0v) is 18.9. The summed E-state index contributed by atoms with van der Waals surface area (Å²) in [6, 6.07) is 4.52. The summed E-state index contributed by atoms with van der Waals surface area (Å²) in [7, 11) is -16.8. The number of ether oxygens (including phenoxy) is 1. The monoisotopic (exact) mass is 529 g/mol. The first-order chi connectivity index (χ1) is 15.1. The van der Waals surface area contributed by atoms with Crippen LogP contribution in [0.4, 0.5) is 5.69 Å². The number of nitrogen functional groups attached to an aromatic ring is 1.